The lowest BCUT2D eigenvalue weighted by Gasteiger charge is -2.15. The molecule has 8 heteroatoms. The van der Waals surface area contributed by atoms with Crippen molar-refractivity contribution in [2.75, 3.05) is 6.61 Å². The predicted molar refractivity (Wildman–Crippen MR) is 135 cm³/mol. The fourth-order valence-corrected chi connectivity index (χ4v) is 4.27. The van der Waals surface area contributed by atoms with E-state index in [1.54, 1.807) is 30.3 Å². The Morgan fingerprint density at radius 2 is 1.76 bits per heavy atom. The monoisotopic (exact) mass is 572 g/mol. The number of nitrogens with one attached hydrogen (secondary N) is 1. The van der Waals surface area contributed by atoms with Gasteiger partial charge < -0.3 is 14.8 Å². The first-order chi connectivity index (χ1) is 16.5. The minimum absolute atomic E-state index is 0.0478. The molecule has 0 aliphatic carbocycles. The summed E-state index contributed by atoms with van der Waals surface area (Å²) >= 11 is 2.11. The number of nitrogens with zero attached hydrogens (tertiary/aromatic N) is 1. The molecule has 0 radical (unpaired) electrons. The number of amides is 3. The first-order valence-corrected chi connectivity index (χ1v) is 11.7. The molecule has 174 valence electrons. The molecule has 4 rings (SSSR count). The van der Waals surface area contributed by atoms with Crippen molar-refractivity contribution < 1.29 is 23.5 Å². The Hall–Kier alpha value is -3.40. The van der Waals surface area contributed by atoms with Crippen molar-refractivity contribution in [3.8, 4) is 11.5 Å². The molecule has 0 unspecified atom stereocenters. The van der Waals surface area contributed by atoms with E-state index in [9.17, 15) is 14.0 Å². The topological polar surface area (TPSA) is 67.9 Å². The van der Waals surface area contributed by atoms with Gasteiger partial charge in [0.25, 0.3) is 5.91 Å². The van der Waals surface area contributed by atoms with Gasteiger partial charge in [-0.05, 0) is 64.9 Å². The van der Waals surface area contributed by atoms with Crippen LogP contribution in [0.5, 0.6) is 11.5 Å². The van der Waals surface area contributed by atoms with Crippen molar-refractivity contribution in [2.24, 2.45) is 0 Å². The van der Waals surface area contributed by atoms with Crippen LogP contribution in [0.1, 0.15) is 23.6 Å². The summed E-state index contributed by atoms with van der Waals surface area (Å²) in [5.41, 5.74) is 2.14. The van der Waals surface area contributed by atoms with Crippen molar-refractivity contribution >= 4 is 40.6 Å². The summed E-state index contributed by atoms with van der Waals surface area (Å²) < 4.78 is 26.4. The highest BCUT2D eigenvalue weighted by Gasteiger charge is 2.33. The van der Waals surface area contributed by atoms with Crippen LogP contribution >= 0.6 is 22.6 Å². The number of urea groups is 1. The van der Waals surface area contributed by atoms with E-state index < -0.39 is 11.9 Å². The summed E-state index contributed by atoms with van der Waals surface area (Å²) in [5.74, 6) is 0.213. The minimum atomic E-state index is -0.468. The van der Waals surface area contributed by atoms with Crippen LogP contribution in [-0.4, -0.2) is 23.4 Å². The minimum Gasteiger partial charge on any atom is -0.490 e. The van der Waals surface area contributed by atoms with Crippen molar-refractivity contribution in [3.05, 3.63) is 98.5 Å². The van der Waals surface area contributed by atoms with Gasteiger partial charge in [-0.1, -0.05) is 48.5 Å². The number of imide groups is 1. The van der Waals surface area contributed by atoms with Crippen LogP contribution in [-0.2, 0) is 17.9 Å². The molecule has 0 spiro atoms. The van der Waals surface area contributed by atoms with Crippen LogP contribution in [0.4, 0.5) is 9.18 Å². The van der Waals surface area contributed by atoms with E-state index in [2.05, 4.69) is 27.9 Å². The third-order valence-electron chi connectivity index (χ3n) is 5.12. The Kier molecular flexibility index (Phi) is 7.46. The van der Waals surface area contributed by atoms with Crippen LogP contribution in [0, 0.1) is 9.39 Å². The fraction of sp³-hybridized carbons (Fsp3) is 0.154. The highest BCUT2D eigenvalue weighted by Crippen LogP contribution is 2.36. The first kappa shape index (κ1) is 23.7. The van der Waals surface area contributed by atoms with Crippen LogP contribution < -0.4 is 14.8 Å². The van der Waals surface area contributed by atoms with E-state index in [-0.39, 0.29) is 24.7 Å². The van der Waals surface area contributed by atoms with Gasteiger partial charge in [0.2, 0.25) is 0 Å². The van der Waals surface area contributed by atoms with Gasteiger partial charge in [-0.15, -0.1) is 0 Å². The van der Waals surface area contributed by atoms with Gasteiger partial charge in [0.1, 0.15) is 18.1 Å². The van der Waals surface area contributed by atoms with E-state index in [1.807, 2.05) is 43.3 Å². The zero-order chi connectivity index (χ0) is 24.1. The third-order valence-corrected chi connectivity index (χ3v) is 5.92. The Labute approximate surface area is 210 Å². The molecule has 1 N–H and O–H groups in total. The van der Waals surface area contributed by atoms with E-state index in [0.29, 0.717) is 29.2 Å². The van der Waals surface area contributed by atoms with Gasteiger partial charge in [-0.25, -0.2) is 9.18 Å². The SMILES string of the molecule is CCOc1cc(/C=C2/NC(=O)N(Cc3ccccc3)C2=O)cc(I)c1OCc1ccccc1F. The molecule has 0 aromatic heterocycles. The van der Waals surface area contributed by atoms with E-state index in [0.717, 1.165) is 9.13 Å². The van der Waals surface area contributed by atoms with Crippen molar-refractivity contribution in [3.63, 3.8) is 0 Å². The molecular weight excluding hydrogens is 550 g/mol. The highest BCUT2D eigenvalue weighted by atomic mass is 127. The van der Waals surface area contributed by atoms with Gasteiger partial charge in [-0.2, -0.15) is 0 Å². The molecule has 0 bridgehead atoms. The lowest BCUT2D eigenvalue weighted by molar-refractivity contribution is -0.123. The number of hydrogen-bond donors (Lipinski definition) is 1. The zero-order valence-corrected chi connectivity index (χ0v) is 20.5. The van der Waals surface area contributed by atoms with Gasteiger partial charge in [-0.3, -0.25) is 9.69 Å². The molecule has 6 nitrogen and oxygen atoms in total. The predicted octanol–water partition coefficient (Wildman–Crippen LogP) is 5.50. The van der Waals surface area contributed by atoms with Gasteiger partial charge in [0.15, 0.2) is 11.5 Å². The molecule has 3 amide bonds. The largest absolute Gasteiger partial charge is 0.490 e. The highest BCUT2D eigenvalue weighted by molar-refractivity contribution is 14.1. The Morgan fingerprint density at radius 1 is 1.03 bits per heavy atom. The molecule has 1 aliphatic rings. The molecule has 1 saturated heterocycles. The van der Waals surface area contributed by atoms with Crippen molar-refractivity contribution in [2.45, 2.75) is 20.1 Å². The molecule has 1 heterocycles. The maximum atomic E-state index is 14.0. The zero-order valence-electron chi connectivity index (χ0n) is 18.4. The van der Waals surface area contributed by atoms with E-state index in [4.69, 9.17) is 9.47 Å². The van der Waals surface area contributed by atoms with Crippen LogP contribution in [0.2, 0.25) is 0 Å². The quantitative estimate of drug-likeness (QED) is 0.220. The molecule has 3 aromatic rings. The van der Waals surface area contributed by atoms with Gasteiger partial charge in [0.05, 0.1) is 16.7 Å². The maximum absolute atomic E-state index is 14.0. The Bertz CT molecular complexity index is 1250. The average Bonchev–Trinajstić information content (AvgIpc) is 3.08. The molecule has 1 fully saturated rings. The smallest absolute Gasteiger partial charge is 0.329 e. The number of ether oxygens (including phenoxy) is 2. The lowest BCUT2D eigenvalue weighted by Crippen LogP contribution is -2.30. The molecule has 0 saturated carbocycles. The summed E-state index contributed by atoms with van der Waals surface area (Å²) in [6, 6.07) is 18.8. The van der Waals surface area contributed by atoms with Gasteiger partial charge in [0, 0.05) is 5.56 Å². The summed E-state index contributed by atoms with van der Waals surface area (Å²) in [4.78, 5) is 26.4. The number of benzene rings is 3. The second-order valence-electron chi connectivity index (χ2n) is 7.51. The summed E-state index contributed by atoms with van der Waals surface area (Å²) in [7, 11) is 0. The second-order valence-corrected chi connectivity index (χ2v) is 8.67. The number of carbonyl (C=O) groups is 2. The normalized spacial score (nSPS) is 14.4. The summed E-state index contributed by atoms with van der Waals surface area (Å²) in [5, 5.41) is 2.64. The molecule has 0 atom stereocenters. The molecular formula is C26H22FIN2O4. The lowest BCUT2D eigenvalue weighted by atomic mass is 10.1. The van der Waals surface area contributed by atoms with Crippen molar-refractivity contribution in [1.82, 2.24) is 10.2 Å². The fourth-order valence-electron chi connectivity index (χ4n) is 3.49. The Morgan fingerprint density at radius 3 is 2.50 bits per heavy atom. The molecule has 1 aliphatic heterocycles. The van der Waals surface area contributed by atoms with Crippen molar-refractivity contribution in [1.29, 1.82) is 0 Å². The number of hydrogen-bond acceptors (Lipinski definition) is 4. The van der Waals surface area contributed by atoms with Crippen LogP contribution in [0.15, 0.2) is 72.4 Å². The Balaban J connectivity index is 1.56. The van der Waals surface area contributed by atoms with Crippen LogP contribution in [0.25, 0.3) is 6.08 Å². The number of rotatable bonds is 8. The summed E-state index contributed by atoms with van der Waals surface area (Å²) in [6.45, 7) is 2.48. The molecule has 34 heavy (non-hydrogen) atoms. The standard InChI is InChI=1S/C26H22FIN2O4/c1-2-33-23-14-18(12-21(28)24(23)34-16-19-10-6-7-11-20(19)27)13-22-25(31)30(26(32)29-22)15-17-8-4-3-5-9-17/h3-14H,2,15-16H2,1H3,(H,29,32)/b22-13+. The number of halogens is 2. The third kappa shape index (κ3) is 5.39. The maximum Gasteiger partial charge on any atom is 0.329 e. The van der Waals surface area contributed by atoms with Gasteiger partial charge >= 0.3 is 6.03 Å². The summed E-state index contributed by atoms with van der Waals surface area (Å²) in [6.07, 6.45) is 1.61. The van der Waals surface area contributed by atoms with E-state index >= 15 is 0 Å². The second kappa shape index (κ2) is 10.7. The molecule has 3 aromatic carbocycles. The average molecular weight is 572 g/mol. The van der Waals surface area contributed by atoms with Crippen LogP contribution in [0.3, 0.4) is 0 Å². The first-order valence-electron chi connectivity index (χ1n) is 10.7. The number of carbonyl (C=O) groups excluding carboxylic acids is 2. The van der Waals surface area contributed by atoms with E-state index in [1.165, 1.54) is 11.0 Å².